The Hall–Kier alpha value is -2.37. The van der Waals surface area contributed by atoms with Crippen LogP contribution in [0, 0.1) is 0 Å². The number of hydrogen-bond acceptors (Lipinski definition) is 4. The minimum Gasteiger partial charge on any atom is -0.381 e. The van der Waals surface area contributed by atoms with E-state index in [9.17, 15) is 4.79 Å². The first-order valence-corrected chi connectivity index (χ1v) is 6.28. The van der Waals surface area contributed by atoms with Gasteiger partial charge in [-0.15, -0.1) is 5.10 Å². The lowest BCUT2D eigenvalue weighted by Gasteiger charge is -2.29. The maximum atomic E-state index is 12.3. The number of nitrogens with two attached hydrogens (primary N) is 1. The van der Waals surface area contributed by atoms with E-state index in [0.29, 0.717) is 5.82 Å². The highest BCUT2D eigenvalue weighted by Gasteiger charge is 2.22. The van der Waals surface area contributed by atoms with E-state index in [1.165, 1.54) is 16.6 Å². The molecule has 1 amide bonds. The number of carbonyl (C=O) groups is 1. The molecule has 2 heterocycles. The van der Waals surface area contributed by atoms with E-state index in [2.05, 4.69) is 16.3 Å². The van der Waals surface area contributed by atoms with Crippen LogP contribution in [0.3, 0.4) is 0 Å². The third-order valence-corrected chi connectivity index (χ3v) is 3.24. The van der Waals surface area contributed by atoms with Crippen LogP contribution in [0.5, 0.6) is 0 Å². The molecule has 0 atom stereocenters. The number of nitrogens with zero attached hydrogens (tertiary/aromatic N) is 4. The number of anilines is 2. The highest BCUT2D eigenvalue weighted by atomic mass is 16.2. The summed E-state index contributed by atoms with van der Waals surface area (Å²) in [7, 11) is 0. The van der Waals surface area contributed by atoms with Crippen LogP contribution in [0.2, 0.25) is 0 Å². The van der Waals surface area contributed by atoms with Gasteiger partial charge >= 0.3 is 0 Å². The summed E-state index contributed by atoms with van der Waals surface area (Å²) in [6.45, 7) is 0.859. The smallest absolute Gasteiger partial charge is 0.250 e. The van der Waals surface area contributed by atoms with Crippen molar-refractivity contribution in [2.24, 2.45) is 0 Å². The van der Waals surface area contributed by atoms with Crippen molar-refractivity contribution in [1.82, 2.24) is 15.0 Å². The zero-order chi connectivity index (χ0) is 13.2. The normalized spacial score (nSPS) is 14.2. The summed E-state index contributed by atoms with van der Waals surface area (Å²) < 4.78 is 0. The number of aromatic nitrogens is 3. The molecule has 0 unspecified atom stereocenters. The first kappa shape index (κ1) is 11.7. The second-order valence-corrected chi connectivity index (χ2v) is 4.58. The number of benzene rings is 1. The molecule has 6 heteroatoms. The molecule has 0 radical (unpaired) electrons. The van der Waals surface area contributed by atoms with Crippen molar-refractivity contribution in [3.63, 3.8) is 0 Å². The molecule has 98 valence electrons. The Bertz CT molecular complexity index is 607. The van der Waals surface area contributed by atoms with Crippen LogP contribution in [0.1, 0.15) is 12.0 Å². The van der Waals surface area contributed by atoms with Gasteiger partial charge in [-0.1, -0.05) is 18.2 Å². The fraction of sp³-hybridized carbons (Fsp3) is 0.308. The largest absolute Gasteiger partial charge is 0.381 e. The molecule has 0 saturated carbocycles. The van der Waals surface area contributed by atoms with E-state index in [1.807, 2.05) is 18.2 Å². The third kappa shape index (κ3) is 2.29. The van der Waals surface area contributed by atoms with Crippen LogP contribution < -0.4 is 10.6 Å². The molecular weight excluding hydrogens is 242 g/mol. The maximum absolute atomic E-state index is 12.3. The third-order valence-electron chi connectivity index (χ3n) is 3.24. The summed E-state index contributed by atoms with van der Waals surface area (Å²) in [5.74, 6) is 0.314. The zero-order valence-corrected chi connectivity index (χ0v) is 10.5. The van der Waals surface area contributed by atoms with E-state index in [0.717, 1.165) is 25.1 Å². The molecule has 1 aliphatic heterocycles. The minimum atomic E-state index is -0.0113. The van der Waals surface area contributed by atoms with Crippen molar-refractivity contribution in [2.75, 3.05) is 17.2 Å². The number of rotatable bonds is 2. The Balaban J connectivity index is 1.81. The molecule has 2 aromatic rings. The van der Waals surface area contributed by atoms with E-state index < -0.39 is 0 Å². The van der Waals surface area contributed by atoms with Crippen molar-refractivity contribution in [1.29, 1.82) is 0 Å². The van der Waals surface area contributed by atoms with Crippen molar-refractivity contribution < 1.29 is 4.79 Å². The van der Waals surface area contributed by atoms with Gasteiger partial charge in [-0.25, -0.2) is 0 Å². The first-order valence-electron chi connectivity index (χ1n) is 6.28. The molecular formula is C13H15N5O. The van der Waals surface area contributed by atoms with Gasteiger partial charge in [0.2, 0.25) is 0 Å². The Morgan fingerprint density at radius 1 is 1.37 bits per heavy atom. The van der Waals surface area contributed by atoms with Crippen LogP contribution in [-0.2, 0) is 17.8 Å². The number of aryl methyl sites for hydroxylation is 1. The average molecular weight is 257 g/mol. The van der Waals surface area contributed by atoms with E-state index in [4.69, 9.17) is 5.73 Å². The predicted octanol–water partition coefficient (Wildman–Crippen LogP) is 0.840. The van der Waals surface area contributed by atoms with Crippen LogP contribution in [-0.4, -0.2) is 27.4 Å². The lowest BCUT2D eigenvalue weighted by atomic mass is 10.0. The van der Waals surface area contributed by atoms with Crippen molar-refractivity contribution in [3.05, 3.63) is 36.0 Å². The summed E-state index contributed by atoms with van der Waals surface area (Å²) in [5.41, 5.74) is 7.71. The maximum Gasteiger partial charge on any atom is 0.250 e. The van der Waals surface area contributed by atoms with E-state index in [-0.39, 0.29) is 12.5 Å². The van der Waals surface area contributed by atoms with Gasteiger partial charge in [-0.05, 0) is 24.5 Å². The highest BCUT2D eigenvalue weighted by Crippen LogP contribution is 2.26. The zero-order valence-electron chi connectivity index (χ0n) is 10.5. The monoisotopic (exact) mass is 257 g/mol. The van der Waals surface area contributed by atoms with Crippen molar-refractivity contribution in [2.45, 2.75) is 19.4 Å². The van der Waals surface area contributed by atoms with Gasteiger partial charge < -0.3 is 10.6 Å². The predicted molar refractivity (Wildman–Crippen MR) is 71.6 cm³/mol. The number of para-hydroxylation sites is 1. The number of carbonyl (C=O) groups excluding carboxylic acids is 1. The minimum absolute atomic E-state index is 0.0113. The van der Waals surface area contributed by atoms with Gasteiger partial charge in [0.1, 0.15) is 6.54 Å². The Morgan fingerprint density at radius 3 is 3.00 bits per heavy atom. The summed E-state index contributed by atoms with van der Waals surface area (Å²) in [6.07, 6.45) is 3.45. The number of amides is 1. The lowest BCUT2D eigenvalue weighted by Crippen LogP contribution is -2.38. The molecule has 1 aromatic carbocycles. The molecule has 1 aromatic heterocycles. The summed E-state index contributed by atoms with van der Waals surface area (Å²) >= 11 is 0. The molecule has 1 aliphatic rings. The molecule has 0 fully saturated rings. The molecule has 0 aliphatic carbocycles. The van der Waals surface area contributed by atoms with Crippen LogP contribution in [0.4, 0.5) is 11.5 Å². The quantitative estimate of drug-likeness (QED) is 0.864. The van der Waals surface area contributed by atoms with Crippen molar-refractivity contribution in [3.8, 4) is 0 Å². The Morgan fingerprint density at radius 2 is 2.21 bits per heavy atom. The average Bonchev–Trinajstić information content (AvgIpc) is 2.83. The second-order valence-electron chi connectivity index (χ2n) is 4.58. The molecule has 2 N–H and O–H groups in total. The SMILES string of the molecule is Nc1cnn(CC(=O)N2CCCc3ccccc32)n1. The number of nitrogen functional groups attached to an aromatic ring is 1. The lowest BCUT2D eigenvalue weighted by molar-refractivity contribution is -0.119. The van der Waals surface area contributed by atoms with Gasteiger partial charge in [-0.3, -0.25) is 4.79 Å². The highest BCUT2D eigenvalue weighted by molar-refractivity contribution is 5.94. The summed E-state index contributed by atoms with van der Waals surface area (Å²) in [6, 6.07) is 8.01. The van der Waals surface area contributed by atoms with Crippen LogP contribution in [0.15, 0.2) is 30.5 Å². The van der Waals surface area contributed by atoms with Crippen LogP contribution in [0.25, 0.3) is 0 Å². The van der Waals surface area contributed by atoms with Crippen molar-refractivity contribution >= 4 is 17.4 Å². The fourth-order valence-corrected chi connectivity index (χ4v) is 2.39. The molecule has 19 heavy (non-hydrogen) atoms. The Labute approximate surface area is 110 Å². The van der Waals surface area contributed by atoms with Gasteiger partial charge in [0.25, 0.3) is 5.91 Å². The van der Waals surface area contributed by atoms with E-state index in [1.54, 1.807) is 4.90 Å². The standard InChI is InChI=1S/C13H15N5O/c14-12-8-15-18(16-12)9-13(19)17-7-3-5-10-4-1-2-6-11(10)17/h1-2,4,6,8H,3,5,7,9H2,(H2,14,16). The van der Waals surface area contributed by atoms with Gasteiger partial charge in [0, 0.05) is 12.2 Å². The van der Waals surface area contributed by atoms with Gasteiger partial charge in [0.05, 0.1) is 6.20 Å². The van der Waals surface area contributed by atoms with Gasteiger partial charge in [-0.2, -0.15) is 9.90 Å². The van der Waals surface area contributed by atoms with Crippen LogP contribution >= 0.6 is 0 Å². The number of hydrogen-bond donors (Lipinski definition) is 1. The summed E-state index contributed by atoms with van der Waals surface area (Å²) in [5, 5.41) is 7.88. The van der Waals surface area contributed by atoms with E-state index >= 15 is 0 Å². The second kappa shape index (κ2) is 4.72. The Kier molecular flexibility index (Phi) is 2.91. The first-order chi connectivity index (χ1) is 9.24. The topological polar surface area (TPSA) is 77.0 Å². The molecule has 0 spiro atoms. The fourth-order valence-electron chi connectivity index (χ4n) is 2.39. The molecule has 0 saturated heterocycles. The molecule has 0 bridgehead atoms. The number of fused-ring (bicyclic) bond motifs is 1. The summed E-state index contributed by atoms with van der Waals surface area (Å²) in [4.78, 5) is 15.5. The molecule has 6 nitrogen and oxygen atoms in total. The van der Waals surface area contributed by atoms with Gasteiger partial charge in [0.15, 0.2) is 5.82 Å². The molecule has 3 rings (SSSR count).